The second-order valence-corrected chi connectivity index (χ2v) is 6.01. The lowest BCUT2D eigenvalue weighted by molar-refractivity contribution is 0.393. The summed E-state index contributed by atoms with van der Waals surface area (Å²) in [6, 6.07) is 8.09. The molecule has 0 radical (unpaired) electrons. The minimum Gasteiger partial charge on any atom is -0.481 e. The van der Waals surface area contributed by atoms with E-state index in [0.29, 0.717) is 5.88 Å². The van der Waals surface area contributed by atoms with Gasteiger partial charge in [-0.2, -0.15) is 0 Å². The van der Waals surface area contributed by atoms with E-state index >= 15 is 0 Å². The minimum absolute atomic E-state index is 0.584. The van der Waals surface area contributed by atoms with Crippen LogP contribution in [0.3, 0.4) is 0 Å². The van der Waals surface area contributed by atoms with Crippen molar-refractivity contribution in [3.05, 3.63) is 48.2 Å². The molecule has 0 N–H and O–H groups in total. The Labute approximate surface area is 145 Å². The third-order valence-electron chi connectivity index (χ3n) is 4.39. The molecule has 0 aliphatic rings. The number of hydrogen-bond acceptors (Lipinski definition) is 5. The molecule has 3 aromatic heterocycles. The van der Waals surface area contributed by atoms with Crippen molar-refractivity contribution in [2.75, 3.05) is 7.11 Å². The van der Waals surface area contributed by atoms with E-state index in [2.05, 4.69) is 27.3 Å². The van der Waals surface area contributed by atoms with Gasteiger partial charge in [0.15, 0.2) is 0 Å². The number of ether oxygens (including phenoxy) is 1. The predicted molar refractivity (Wildman–Crippen MR) is 95.5 cm³/mol. The van der Waals surface area contributed by atoms with Crippen LogP contribution in [-0.4, -0.2) is 26.8 Å². The van der Waals surface area contributed by atoms with E-state index in [1.807, 2.05) is 43.9 Å². The molecule has 3 heterocycles. The van der Waals surface area contributed by atoms with Crippen LogP contribution < -0.4 is 4.74 Å². The molecular formula is C19H18N4O2. The Balaban J connectivity index is 2.08. The molecule has 0 aliphatic carbocycles. The third kappa shape index (κ3) is 2.38. The Bertz CT molecular complexity index is 1060. The summed E-state index contributed by atoms with van der Waals surface area (Å²) in [5, 5.41) is 4.08. The predicted octanol–water partition coefficient (Wildman–Crippen LogP) is 3.92. The van der Waals surface area contributed by atoms with Gasteiger partial charge in [0.05, 0.1) is 30.2 Å². The third-order valence-corrected chi connectivity index (χ3v) is 4.39. The Hall–Kier alpha value is -3.15. The van der Waals surface area contributed by atoms with Gasteiger partial charge in [-0.25, -0.2) is 9.97 Å². The summed E-state index contributed by atoms with van der Waals surface area (Å²) in [6.07, 6.45) is 3.54. The Morgan fingerprint density at radius 3 is 2.68 bits per heavy atom. The Kier molecular flexibility index (Phi) is 3.53. The van der Waals surface area contributed by atoms with Crippen LogP contribution in [0.2, 0.25) is 0 Å². The molecule has 0 spiro atoms. The highest BCUT2D eigenvalue weighted by molar-refractivity contribution is 5.97. The van der Waals surface area contributed by atoms with Crippen LogP contribution in [0.25, 0.3) is 33.3 Å². The van der Waals surface area contributed by atoms with Crippen LogP contribution in [-0.2, 0) is 7.05 Å². The van der Waals surface area contributed by atoms with E-state index in [1.54, 1.807) is 13.3 Å². The van der Waals surface area contributed by atoms with Crippen molar-refractivity contribution in [3.8, 4) is 28.1 Å². The molecule has 6 nitrogen and oxygen atoms in total. The first-order chi connectivity index (χ1) is 12.1. The molecule has 4 aromatic rings. The fraction of sp³-hybridized carbons (Fsp3) is 0.211. The Morgan fingerprint density at radius 2 is 1.96 bits per heavy atom. The van der Waals surface area contributed by atoms with Crippen molar-refractivity contribution < 1.29 is 9.26 Å². The number of hydrogen-bond donors (Lipinski definition) is 0. The van der Waals surface area contributed by atoms with Crippen LogP contribution in [0.5, 0.6) is 5.88 Å². The number of pyridine rings is 1. The van der Waals surface area contributed by atoms with Crippen LogP contribution in [0.15, 0.2) is 41.3 Å². The average molecular weight is 334 g/mol. The van der Waals surface area contributed by atoms with Crippen molar-refractivity contribution in [3.63, 3.8) is 0 Å². The molecule has 0 aliphatic heterocycles. The summed E-state index contributed by atoms with van der Waals surface area (Å²) in [5.74, 6) is 1.37. The SMILES string of the molecule is COc1ncccc1-c1cc(-c2c(C)noc2C)cc2ncn(C)c12. The zero-order valence-corrected chi connectivity index (χ0v) is 14.6. The lowest BCUT2D eigenvalue weighted by Crippen LogP contribution is -1.95. The number of methoxy groups -OCH3 is 1. The van der Waals surface area contributed by atoms with E-state index in [1.165, 1.54) is 0 Å². The summed E-state index contributed by atoms with van der Waals surface area (Å²) >= 11 is 0. The number of benzene rings is 1. The maximum Gasteiger partial charge on any atom is 0.221 e. The van der Waals surface area contributed by atoms with Crippen molar-refractivity contribution >= 4 is 11.0 Å². The number of nitrogens with zero attached hydrogens (tertiary/aromatic N) is 4. The van der Waals surface area contributed by atoms with E-state index in [9.17, 15) is 0 Å². The molecule has 4 rings (SSSR count). The van der Waals surface area contributed by atoms with Crippen molar-refractivity contribution in [1.82, 2.24) is 19.7 Å². The highest BCUT2D eigenvalue weighted by Crippen LogP contribution is 2.38. The van der Waals surface area contributed by atoms with Gasteiger partial charge in [0.1, 0.15) is 5.76 Å². The monoisotopic (exact) mass is 334 g/mol. The normalized spacial score (nSPS) is 11.2. The number of aromatic nitrogens is 4. The van der Waals surface area contributed by atoms with Gasteiger partial charge in [0, 0.05) is 29.9 Å². The van der Waals surface area contributed by atoms with Crippen LogP contribution in [0.1, 0.15) is 11.5 Å². The van der Waals surface area contributed by atoms with Crippen molar-refractivity contribution in [2.24, 2.45) is 7.05 Å². The molecule has 1 aromatic carbocycles. The highest BCUT2D eigenvalue weighted by atomic mass is 16.5. The first-order valence-corrected chi connectivity index (χ1v) is 7.98. The number of fused-ring (bicyclic) bond motifs is 1. The lowest BCUT2D eigenvalue weighted by Gasteiger charge is -2.12. The van der Waals surface area contributed by atoms with Gasteiger partial charge in [0.25, 0.3) is 0 Å². The van der Waals surface area contributed by atoms with Gasteiger partial charge in [-0.1, -0.05) is 5.16 Å². The summed E-state index contributed by atoms with van der Waals surface area (Å²) in [7, 11) is 3.61. The molecule has 0 bridgehead atoms. The summed E-state index contributed by atoms with van der Waals surface area (Å²) < 4.78 is 12.8. The first-order valence-electron chi connectivity index (χ1n) is 7.98. The molecule has 6 heteroatoms. The lowest BCUT2D eigenvalue weighted by atomic mass is 9.97. The summed E-state index contributed by atoms with van der Waals surface area (Å²) in [6.45, 7) is 3.86. The number of rotatable bonds is 3. The maximum absolute atomic E-state index is 5.47. The molecule has 126 valence electrons. The Morgan fingerprint density at radius 1 is 1.12 bits per heavy atom. The van der Waals surface area contributed by atoms with Crippen molar-refractivity contribution in [1.29, 1.82) is 0 Å². The zero-order chi connectivity index (χ0) is 17.6. The highest BCUT2D eigenvalue weighted by Gasteiger charge is 2.18. The van der Waals surface area contributed by atoms with E-state index < -0.39 is 0 Å². The van der Waals surface area contributed by atoms with Gasteiger partial charge >= 0.3 is 0 Å². The second kappa shape index (κ2) is 5.73. The molecule has 0 amide bonds. The van der Waals surface area contributed by atoms with E-state index in [-0.39, 0.29) is 0 Å². The van der Waals surface area contributed by atoms with Crippen LogP contribution in [0, 0.1) is 13.8 Å². The molecule has 0 saturated heterocycles. The van der Waals surface area contributed by atoms with Gasteiger partial charge in [-0.3, -0.25) is 0 Å². The minimum atomic E-state index is 0.584. The van der Waals surface area contributed by atoms with Gasteiger partial charge < -0.3 is 13.8 Å². The van der Waals surface area contributed by atoms with Gasteiger partial charge in [-0.15, -0.1) is 0 Å². The average Bonchev–Trinajstić information content (AvgIpc) is 3.16. The first kappa shape index (κ1) is 15.4. The van der Waals surface area contributed by atoms with E-state index in [0.717, 1.165) is 44.7 Å². The quantitative estimate of drug-likeness (QED) is 0.568. The molecule has 0 saturated carbocycles. The molecule has 25 heavy (non-hydrogen) atoms. The molecular weight excluding hydrogens is 316 g/mol. The van der Waals surface area contributed by atoms with Crippen molar-refractivity contribution in [2.45, 2.75) is 13.8 Å². The molecule has 0 unspecified atom stereocenters. The fourth-order valence-corrected chi connectivity index (χ4v) is 3.30. The maximum atomic E-state index is 5.47. The van der Waals surface area contributed by atoms with Gasteiger partial charge in [0.2, 0.25) is 5.88 Å². The van der Waals surface area contributed by atoms with Gasteiger partial charge in [-0.05, 0) is 43.7 Å². The summed E-state index contributed by atoms with van der Waals surface area (Å²) in [4.78, 5) is 8.88. The second-order valence-electron chi connectivity index (χ2n) is 6.01. The number of imidazole rings is 1. The smallest absolute Gasteiger partial charge is 0.221 e. The van der Waals surface area contributed by atoms with E-state index in [4.69, 9.17) is 9.26 Å². The van der Waals surface area contributed by atoms with Crippen LogP contribution >= 0.6 is 0 Å². The summed E-state index contributed by atoms with van der Waals surface area (Å²) in [5.41, 5.74) is 6.74. The zero-order valence-electron chi connectivity index (χ0n) is 14.6. The fourth-order valence-electron chi connectivity index (χ4n) is 3.30. The van der Waals surface area contributed by atoms with Crippen LogP contribution in [0.4, 0.5) is 0 Å². The molecule has 0 fully saturated rings. The largest absolute Gasteiger partial charge is 0.481 e. The molecule has 0 atom stereocenters. The topological polar surface area (TPSA) is 66.0 Å². The standard InChI is InChI=1S/C19H18N4O2/c1-11-17(12(2)25-22-11)13-8-15(14-6-5-7-20-19(14)24-4)18-16(9-13)21-10-23(18)3/h5-10H,1-4H3. The number of aryl methyl sites for hydroxylation is 3.